The number of nitrogens with zero attached hydrogens (tertiary/aromatic N) is 1. The molecule has 0 atom stereocenters. The highest BCUT2D eigenvalue weighted by Crippen LogP contribution is 2.25. The Hall–Kier alpha value is -4.66. The molecule has 1 fully saturated rings. The van der Waals surface area contributed by atoms with Crippen LogP contribution in [0, 0.1) is 6.92 Å². The molecule has 1 saturated heterocycles. The summed E-state index contributed by atoms with van der Waals surface area (Å²) in [6.07, 6.45) is 1.35. The smallest absolute Gasteiger partial charge is 0.335 e. The van der Waals surface area contributed by atoms with Crippen molar-refractivity contribution in [3.8, 4) is 11.3 Å². The van der Waals surface area contributed by atoms with Crippen LogP contribution in [0.25, 0.3) is 17.4 Å². The lowest BCUT2D eigenvalue weighted by Gasteiger charge is -2.12. The van der Waals surface area contributed by atoms with Gasteiger partial charge in [-0.05, 0) is 48.9 Å². The van der Waals surface area contributed by atoms with Gasteiger partial charge >= 0.3 is 12.0 Å². The van der Waals surface area contributed by atoms with Gasteiger partial charge in [-0.2, -0.15) is 0 Å². The van der Waals surface area contributed by atoms with E-state index in [1.54, 1.807) is 42.5 Å². The first-order valence-corrected chi connectivity index (χ1v) is 9.95. The van der Waals surface area contributed by atoms with Crippen LogP contribution in [0.4, 0.5) is 10.5 Å². The number of furan rings is 1. The number of urea groups is 1. The van der Waals surface area contributed by atoms with Gasteiger partial charge in [0.2, 0.25) is 5.91 Å². The van der Waals surface area contributed by atoms with E-state index in [-0.39, 0.29) is 17.0 Å². The summed E-state index contributed by atoms with van der Waals surface area (Å²) in [7, 11) is 0. The average Bonchev–Trinajstić information content (AvgIpc) is 3.34. The highest BCUT2D eigenvalue weighted by Gasteiger charge is 2.35. The first kappa shape index (κ1) is 21.6. The van der Waals surface area contributed by atoms with E-state index in [1.807, 2.05) is 13.0 Å². The minimum Gasteiger partial charge on any atom is -0.478 e. The van der Waals surface area contributed by atoms with E-state index in [4.69, 9.17) is 9.52 Å². The van der Waals surface area contributed by atoms with Crippen LogP contribution in [0.15, 0.2) is 70.8 Å². The Morgan fingerprint density at radius 2 is 1.88 bits per heavy atom. The number of carbonyl (C=O) groups excluding carboxylic acids is 3. The van der Waals surface area contributed by atoms with Crippen LogP contribution in [0.5, 0.6) is 0 Å². The second kappa shape index (κ2) is 8.83. The molecule has 0 unspecified atom stereocenters. The second-order valence-corrected chi connectivity index (χ2v) is 7.39. The van der Waals surface area contributed by atoms with Gasteiger partial charge in [-0.25, -0.2) is 14.5 Å². The van der Waals surface area contributed by atoms with Crippen LogP contribution in [0.3, 0.4) is 0 Å². The van der Waals surface area contributed by atoms with Crippen LogP contribution in [-0.4, -0.2) is 40.4 Å². The molecule has 2 aromatic carbocycles. The largest absolute Gasteiger partial charge is 0.478 e. The number of rotatable bonds is 6. The molecule has 0 aliphatic carbocycles. The minimum atomic E-state index is -1.06. The number of carboxylic acids is 1. The number of aryl methyl sites for hydroxylation is 1. The van der Waals surface area contributed by atoms with Crippen LogP contribution in [0.2, 0.25) is 0 Å². The summed E-state index contributed by atoms with van der Waals surface area (Å²) in [4.78, 5) is 49.2. The maximum Gasteiger partial charge on any atom is 0.335 e. The number of hydrogen-bond acceptors (Lipinski definition) is 5. The van der Waals surface area contributed by atoms with Gasteiger partial charge in [-0.3, -0.25) is 9.59 Å². The quantitative estimate of drug-likeness (QED) is 0.394. The molecule has 9 heteroatoms. The molecule has 3 aromatic rings. The fourth-order valence-corrected chi connectivity index (χ4v) is 3.32. The Balaban J connectivity index is 1.46. The highest BCUT2D eigenvalue weighted by molar-refractivity contribution is 6.15. The predicted molar refractivity (Wildman–Crippen MR) is 119 cm³/mol. The van der Waals surface area contributed by atoms with E-state index < -0.39 is 30.4 Å². The molecule has 2 heterocycles. The van der Waals surface area contributed by atoms with E-state index >= 15 is 0 Å². The molecule has 4 amide bonds. The normalized spacial score (nSPS) is 14.5. The third-order valence-electron chi connectivity index (χ3n) is 4.87. The number of carboxylic acid groups (broad SMARTS) is 1. The predicted octanol–water partition coefficient (Wildman–Crippen LogP) is 3.48. The Kier molecular flexibility index (Phi) is 5.77. The Morgan fingerprint density at radius 1 is 1.09 bits per heavy atom. The van der Waals surface area contributed by atoms with Crippen LogP contribution in [0.1, 0.15) is 21.7 Å². The Bertz CT molecular complexity index is 1310. The summed E-state index contributed by atoms with van der Waals surface area (Å²) in [5, 5.41) is 14.2. The zero-order valence-corrected chi connectivity index (χ0v) is 17.5. The number of anilines is 1. The number of benzene rings is 2. The number of amides is 4. The third kappa shape index (κ3) is 4.82. The van der Waals surface area contributed by atoms with Gasteiger partial charge in [0.05, 0.1) is 5.56 Å². The van der Waals surface area contributed by atoms with Gasteiger partial charge < -0.3 is 20.2 Å². The summed E-state index contributed by atoms with van der Waals surface area (Å²) in [5.74, 6) is -1.55. The van der Waals surface area contributed by atoms with Gasteiger partial charge in [-0.15, -0.1) is 0 Å². The lowest BCUT2D eigenvalue weighted by molar-refractivity contribution is -0.127. The summed E-state index contributed by atoms with van der Waals surface area (Å²) >= 11 is 0. The van der Waals surface area contributed by atoms with Crippen molar-refractivity contribution in [2.45, 2.75) is 6.92 Å². The molecular formula is C24H19N3O6. The topological polar surface area (TPSA) is 129 Å². The van der Waals surface area contributed by atoms with Crippen molar-refractivity contribution in [1.29, 1.82) is 0 Å². The molecule has 1 aromatic heterocycles. The molecular weight excluding hydrogens is 426 g/mol. The lowest BCUT2D eigenvalue weighted by Crippen LogP contribution is -2.38. The van der Waals surface area contributed by atoms with E-state index in [0.29, 0.717) is 17.0 Å². The molecule has 166 valence electrons. The number of aromatic carboxylic acids is 1. The average molecular weight is 445 g/mol. The van der Waals surface area contributed by atoms with Crippen molar-refractivity contribution < 1.29 is 28.7 Å². The summed E-state index contributed by atoms with van der Waals surface area (Å²) in [6, 6.07) is 15.9. The summed E-state index contributed by atoms with van der Waals surface area (Å²) in [5.41, 5.74) is 2.15. The number of imide groups is 1. The van der Waals surface area contributed by atoms with E-state index in [9.17, 15) is 19.2 Å². The second-order valence-electron chi connectivity index (χ2n) is 7.39. The molecule has 0 spiro atoms. The van der Waals surface area contributed by atoms with Crippen LogP contribution in [-0.2, 0) is 9.59 Å². The molecule has 0 saturated carbocycles. The van der Waals surface area contributed by atoms with Gasteiger partial charge in [0.15, 0.2) is 0 Å². The summed E-state index contributed by atoms with van der Waals surface area (Å²) in [6.45, 7) is 1.44. The maximum atomic E-state index is 12.6. The Morgan fingerprint density at radius 3 is 2.64 bits per heavy atom. The SMILES string of the molecule is Cc1cccc(NC(=O)CN2C(=O)N/C(=C/c3ccc(-c4cccc(C(=O)O)c4)o3)C2=O)c1. The first-order valence-electron chi connectivity index (χ1n) is 9.95. The van der Waals surface area contributed by atoms with Crippen molar-refractivity contribution in [2.75, 3.05) is 11.9 Å². The van der Waals surface area contributed by atoms with Crippen molar-refractivity contribution in [2.24, 2.45) is 0 Å². The van der Waals surface area contributed by atoms with Crippen LogP contribution < -0.4 is 10.6 Å². The molecule has 4 rings (SSSR count). The lowest BCUT2D eigenvalue weighted by atomic mass is 10.1. The minimum absolute atomic E-state index is 0.0384. The number of carbonyl (C=O) groups is 4. The van der Waals surface area contributed by atoms with Crippen molar-refractivity contribution in [3.05, 3.63) is 83.2 Å². The Labute approximate surface area is 188 Å². The third-order valence-corrected chi connectivity index (χ3v) is 4.87. The van der Waals surface area contributed by atoms with Gasteiger partial charge in [0.1, 0.15) is 23.8 Å². The molecule has 0 radical (unpaired) electrons. The number of hydrogen-bond donors (Lipinski definition) is 3. The standard InChI is InChI=1S/C24H19N3O6/c1-14-4-2-7-17(10-14)25-21(28)13-27-22(29)19(26-24(27)32)12-18-8-9-20(33-18)15-5-3-6-16(11-15)23(30)31/h2-12H,13H2,1H3,(H,25,28)(H,26,32)(H,30,31)/b19-12+. The van der Waals surface area contributed by atoms with Crippen molar-refractivity contribution >= 4 is 35.6 Å². The fourth-order valence-electron chi connectivity index (χ4n) is 3.32. The molecule has 3 N–H and O–H groups in total. The zero-order chi connectivity index (χ0) is 23.5. The van der Waals surface area contributed by atoms with Crippen molar-refractivity contribution in [3.63, 3.8) is 0 Å². The molecule has 9 nitrogen and oxygen atoms in total. The molecule has 1 aliphatic heterocycles. The van der Waals surface area contributed by atoms with E-state index in [2.05, 4.69) is 10.6 Å². The van der Waals surface area contributed by atoms with E-state index in [1.165, 1.54) is 18.2 Å². The van der Waals surface area contributed by atoms with Gasteiger partial charge in [0.25, 0.3) is 5.91 Å². The molecule has 33 heavy (non-hydrogen) atoms. The van der Waals surface area contributed by atoms with Crippen molar-refractivity contribution in [1.82, 2.24) is 10.2 Å². The monoisotopic (exact) mass is 445 g/mol. The van der Waals surface area contributed by atoms with Crippen LogP contribution >= 0.6 is 0 Å². The first-order chi connectivity index (χ1) is 15.8. The highest BCUT2D eigenvalue weighted by atomic mass is 16.4. The molecule has 0 bridgehead atoms. The van der Waals surface area contributed by atoms with E-state index in [0.717, 1.165) is 10.5 Å². The van der Waals surface area contributed by atoms with Gasteiger partial charge in [-0.1, -0.05) is 24.3 Å². The molecule has 1 aliphatic rings. The number of nitrogens with one attached hydrogen (secondary N) is 2. The maximum absolute atomic E-state index is 12.6. The summed E-state index contributed by atoms with van der Waals surface area (Å²) < 4.78 is 5.69. The zero-order valence-electron chi connectivity index (χ0n) is 17.5. The van der Waals surface area contributed by atoms with Gasteiger partial charge in [0, 0.05) is 17.3 Å². The fraction of sp³-hybridized carbons (Fsp3) is 0.0833.